The second kappa shape index (κ2) is 6.26. The summed E-state index contributed by atoms with van der Waals surface area (Å²) in [4.78, 5) is 14.2. The van der Waals surface area contributed by atoms with Gasteiger partial charge in [0.25, 0.3) is 0 Å². The van der Waals surface area contributed by atoms with E-state index in [1.165, 1.54) is 0 Å². The highest BCUT2D eigenvalue weighted by Gasteiger charge is 2.23. The number of likely N-dealkylation sites (tertiary alicyclic amines) is 1. The minimum atomic E-state index is -0.150. The molecule has 1 heterocycles. The predicted molar refractivity (Wildman–Crippen MR) is 72.9 cm³/mol. The molecule has 1 unspecified atom stereocenters. The molecule has 1 aromatic rings. The summed E-state index contributed by atoms with van der Waals surface area (Å²) in [6.45, 7) is 3.84. The summed E-state index contributed by atoms with van der Waals surface area (Å²) < 4.78 is 0. The number of carbonyl (C=O) groups is 1. The maximum atomic E-state index is 12.2. The highest BCUT2D eigenvalue weighted by Crippen LogP contribution is 2.14. The lowest BCUT2D eigenvalue weighted by Gasteiger charge is -2.18. The molecule has 0 N–H and O–H groups in total. The quantitative estimate of drug-likeness (QED) is 0.729. The molecular formula is C16H19NO. The summed E-state index contributed by atoms with van der Waals surface area (Å²) in [6, 6.07) is 9.85. The topological polar surface area (TPSA) is 20.3 Å². The molecule has 0 radical (unpaired) electrons. The van der Waals surface area contributed by atoms with E-state index in [4.69, 9.17) is 0 Å². The number of carbonyl (C=O) groups excluding carboxylic acids is 1. The van der Waals surface area contributed by atoms with E-state index in [1.807, 2.05) is 42.2 Å². The van der Waals surface area contributed by atoms with Crippen LogP contribution in [0, 0.1) is 17.8 Å². The van der Waals surface area contributed by atoms with Crippen molar-refractivity contribution in [2.75, 3.05) is 13.1 Å². The van der Waals surface area contributed by atoms with Gasteiger partial charge in [0, 0.05) is 18.7 Å². The summed E-state index contributed by atoms with van der Waals surface area (Å²) in [5.41, 5.74) is 0.977. The minimum Gasteiger partial charge on any atom is -0.342 e. The zero-order chi connectivity index (χ0) is 12.8. The third-order valence-corrected chi connectivity index (χ3v) is 3.29. The minimum absolute atomic E-state index is 0.150. The maximum Gasteiger partial charge on any atom is 0.237 e. The molecule has 1 atom stereocenters. The van der Waals surface area contributed by atoms with Crippen LogP contribution in [0.1, 0.15) is 31.7 Å². The lowest BCUT2D eigenvalue weighted by molar-refractivity contribution is -0.132. The summed E-state index contributed by atoms with van der Waals surface area (Å²) in [5, 5.41) is 0. The van der Waals surface area contributed by atoms with E-state index in [-0.39, 0.29) is 11.8 Å². The van der Waals surface area contributed by atoms with Gasteiger partial charge in [0.1, 0.15) is 0 Å². The first kappa shape index (κ1) is 12.7. The monoisotopic (exact) mass is 241 g/mol. The fourth-order valence-electron chi connectivity index (χ4n) is 2.19. The van der Waals surface area contributed by atoms with E-state index in [0.29, 0.717) is 0 Å². The van der Waals surface area contributed by atoms with Crippen LogP contribution >= 0.6 is 0 Å². The number of hydrogen-bond acceptors (Lipinski definition) is 1. The molecular weight excluding hydrogens is 222 g/mol. The van der Waals surface area contributed by atoms with Crippen molar-refractivity contribution in [3.8, 4) is 11.8 Å². The number of hydrogen-bond donors (Lipinski definition) is 0. The van der Waals surface area contributed by atoms with Gasteiger partial charge in [-0.1, -0.05) is 37.0 Å². The summed E-state index contributed by atoms with van der Waals surface area (Å²) in [5.74, 6) is 6.28. The van der Waals surface area contributed by atoms with Gasteiger partial charge in [-0.3, -0.25) is 4.79 Å². The van der Waals surface area contributed by atoms with E-state index in [1.54, 1.807) is 0 Å². The summed E-state index contributed by atoms with van der Waals surface area (Å²) in [6.07, 6.45) is 3.05. The second-order valence-corrected chi connectivity index (χ2v) is 4.63. The Bertz CT molecular complexity index is 449. The Balaban J connectivity index is 2.05. The van der Waals surface area contributed by atoms with Crippen molar-refractivity contribution >= 4 is 5.91 Å². The second-order valence-electron chi connectivity index (χ2n) is 4.63. The lowest BCUT2D eigenvalue weighted by atomic mass is 10.0. The maximum absolute atomic E-state index is 12.2. The Morgan fingerprint density at radius 3 is 2.56 bits per heavy atom. The molecule has 2 rings (SSSR count). The van der Waals surface area contributed by atoms with Gasteiger partial charge in [0.15, 0.2) is 0 Å². The van der Waals surface area contributed by atoms with Crippen molar-refractivity contribution in [3.05, 3.63) is 35.9 Å². The smallest absolute Gasteiger partial charge is 0.237 e. The molecule has 1 saturated heterocycles. The molecule has 2 nitrogen and oxygen atoms in total. The largest absolute Gasteiger partial charge is 0.342 e. The third kappa shape index (κ3) is 3.13. The van der Waals surface area contributed by atoms with Crippen LogP contribution < -0.4 is 0 Å². The Morgan fingerprint density at radius 1 is 1.28 bits per heavy atom. The third-order valence-electron chi connectivity index (χ3n) is 3.29. The molecule has 0 bridgehead atoms. The van der Waals surface area contributed by atoms with Crippen molar-refractivity contribution in [3.63, 3.8) is 0 Å². The van der Waals surface area contributed by atoms with Crippen LogP contribution in [0.25, 0.3) is 0 Å². The van der Waals surface area contributed by atoms with Crippen molar-refractivity contribution in [1.82, 2.24) is 4.90 Å². The van der Waals surface area contributed by atoms with E-state index < -0.39 is 0 Å². The summed E-state index contributed by atoms with van der Waals surface area (Å²) >= 11 is 0. The van der Waals surface area contributed by atoms with Crippen LogP contribution in [-0.2, 0) is 4.79 Å². The van der Waals surface area contributed by atoms with E-state index in [2.05, 4.69) is 11.8 Å². The molecule has 0 saturated carbocycles. The Labute approximate surface area is 109 Å². The SMILES string of the molecule is CCC(C#Cc1ccccc1)C(=O)N1CCCC1. The van der Waals surface area contributed by atoms with E-state index in [9.17, 15) is 4.79 Å². The lowest BCUT2D eigenvalue weighted by Crippen LogP contribution is -2.32. The van der Waals surface area contributed by atoms with Crippen molar-refractivity contribution in [1.29, 1.82) is 0 Å². The molecule has 1 amide bonds. The molecule has 2 heteroatoms. The van der Waals surface area contributed by atoms with Crippen LogP contribution in [0.4, 0.5) is 0 Å². The standard InChI is InChI=1S/C16H19NO/c1-2-15(16(18)17-12-6-7-13-17)11-10-14-8-4-3-5-9-14/h3-5,8-9,15H,2,6-7,12-13H2,1H3. The average molecular weight is 241 g/mol. The normalized spacial score (nSPS) is 15.9. The van der Waals surface area contributed by atoms with Crippen LogP contribution in [0.3, 0.4) is 0 Å². The zero-order valence-electron chi connectivity index (χ0n) is 10.9. The molecule has 1 aliphatic rings. The van der Waals surface area contributed by atoms with Gasteiger partial charge in [0.2, 0.25) is 5.91 Å². The number of rotatable bonds is 2. The number of amides is 1. The first-order chi connectivity index (χ1) is 8.81. The molecule has 94 valence electrons. The Kier molecular flexibility index (Phi) is 4.41. The fourth-order valence-corrected chi connectivity index (χ4v) is 2.19. The van der Waals surface area contributed by atoms with Crippen molar-refractivity contribution in [2.24, 2.45) is 5.92 Å². The highest BCUT2D eigenvalue weighted by atomic mass is 16.2. The van der Waals surface area contributed by atoms with Gasteiger partial charge in [-0.25, -0.2) is 0 Å². The zero-order valence-corrected chi connectivity index (χ0v) is 10.9. The molecule has 1 fully saturated rings. The average Bonchev–Trinajstić information content (AvgIpc) is 2.94. The molecule has 18 heavy (non-hydrogen) atoms. The first-order valence-electron chi connectivity index (χ1n) is 6.66. The molecule has 0 aromatic heterocycles. The van der Waals surface area contributed by atoms with Gasteiger partial charge < -0.3 is 4.90 Å². The van der Waals surface area contributed by atoms with Crippen LogP contribution in [0.15, 0.2) is 30.3 Å². The van der Waals surface area contributed by atoms with Gasteiger partial charge in [-0.05, 0) is 31.4 Å². The molecule has 0 aliphatic carbocycles. The summed E-state index contributed by atoms with van der Waals surface area (Å²) in [7, 11) is 0. The first-order valence-corrected chi connectivity index (χ1v) is 6.66. The molecule has 0 spiro atoms. The highest BCUT2D eigenvalue weighted by molar-refractivity contribution is 5.82. The number of benzene rings is 1. The van der Waals surface area contributed by atoms with Gasteiger partial charge in [0.05, 0.1) is 5.92 Å². The van der Waals surface area contributed by atoms with Gasteiger partial charge in [-0.15, -0.1) is 0 Å². The van der Waals surface area contributed by atoms with E-state index >= 15 is 0 Å². The number of nitrogens with zero attached hydrogens (tertiary/aromatic N) is 1. The Morgan fingerprint density at radius 2 is 1.94 bits per heavy atom. The van der Waals surface area contributed by atoms with Crippen LogP contribution in [0.5, 0.6) is 0 Å². The van der Waals surface area contributed by atoms with Crippen LogP contribution in [-0.4, -0.2) is 23.9 Å². The Hall–Kier alpha value is -1.75. The fraction of sp³-hybridized carbons (Fsp3) is 0.438. The van der Waals surface area contributed by atoms with Crippen LogP contribution in [0.2, 0.25) is 0 Å². The van der Waals surface area contributed by atoms with Gasteiger partial charge >= 0.3 is 0 Å². The predicted octanol–water partition coefficient (Wildman–Crippen LogP) is 2.69. The van der Waals surface area contributed by atoms with E-state index in [0.717, 1.165) is 37.9 Å². The van der Waals surface area contributed by atoms with Crippen molar-refractivity contribution in [2.45, 2.75) is 26.2 Å². The molecule has 1 aliphatic heterocycles. The van der Waals surface area contributed by atoms with Crippen molar-refractivity contribution < 1.29 is 4.79 Å². The molecule has 1 aromatic carbocycles. The van der Waals surface area contributed by atoms with Gasteiger partial charge in [-0.2, -0.15) is 0 Å².